The second kappa shape index (κ2) is 29.5. The molecule has 0 spiro atoms. The van der Waals surface area contributed by atoms with Crippen LogP contribution in [0, 0.1) is 0 Å². The number of hydrogen-bond acceptors (Lipinski definition) is 4. The van der Waals surface area contributed by atoms with Crippen molar-refractivity contribution in [3.8, 4) is 0 Å². The van der Waals surface area contributed by atoms with E-state index in [1.165, 1.54) is 89.9 Å². The van der Waals surface area contributed by atoms with Crippen LogP contribution in [-0.4, -0.2) is 75.2 Å². The van der Waals surface area contributed by atoms with E-state index in [9.17, 15) is 9.59 Å². The van der Waals surface area contributed by atoms with Crippen LogP contribution in [0.5, 0.6) is 0 Å². The van der Waals surface area contributed by atoms with E-state index >= 15 is 0 Å². The normalized spacial score (nSPS) is 11.3. The highest BCUT2D eigenvalue weighted by atomic mass is 16.2. The van der Waals surface area contributed by atoms with E-state index in [0.29, 0.717) is 13.1 Å². The largest absolute Gasteiger partial charge is 0.338 e. The van der Waals surface area contributed by atoms with Crippen LogP contribution < -0.4 is 21.3 Å². The van der Waals surface area contributed by atoms with Gasteiger partial charge in [0.2, 0.25) is 0 Å². The maximum atomic E-state index is 12.4. The number of carbonyl (C=O) groups is 2. The summed E-state index contributed by atoms with van der Waals surface area (Å²) in [5, 5.41) is 11.9. The fourth-order valence-electron chi connectivity index (χ4n) is 6.32. The van der Waals surface area contributed by atoms with E-state index in [1.807, 2.05) is 48.5 Å². The number of amides is 4. The lowest BCUT2D eigenvalue weighted by Gasteiger charge is -2.16. The molecule has 0 unspecified atom stereocenters. The molecule has 0 fully saturated rings. The fraction of sp³-hybridized carbons (Fsp3) is 0.674. The summed E-state index contributed by atoms with van der Waals surface area (Å²) >= 11 is 0. The Hall–Kier alpha value is -3.10. The topological polar surface area (TPSA) is 88.7 Å². The van der Waals surface area contributed by atoms with Gasteiger partial charge in [0.1, 0.15) is 0 Å². The Labute approximate surface area is 312 Å². The van der Waals surface area contributed by atoms with Crippen LogP contribution in [0.3, 0.4) is 0 Å². The smallest absolute Gasteiger partial charge is 0.319 e. The zero-order valence-corrected chi connectivity index (χ0v) is 33.0. The molecule has 0 aliphatic rings. The Morgan fingerprint density at radius 2 is 0.765 bits per heavy atom. The highest BCUT2D eigenvalue weighted by Crippen LogP contribution is 2.16. The Balaban J connectivity index is 1.52. The van der Waals surface area contributed by atoms with E-state index in [4.69, 9.17) is 0 Å². The van der Waals surface area contributed by atoms with Crippen molar-refractivity contribution in [2.24, 2.45) is 0 Å². The molecule has 8 heteroatoms. The third-order valence-corrected chi connectivity index (χ3v) is 9.62. The summed E-state index contributed by atoms with van der Waals surface area (Å²) in [5.41, 5.74) is 3.89. The monoisotopic (exact) mass is 707 g/mol. The Morgan fingerprint density at radius 1 is 0.451 bits per heavy atom. The molecule has 2 rings (SSSR count). The summed E-state index contributed by atoms with van der Waals surface area (Å²) < 4.78 is 0. The van der Waals surface area contributed by atoms with Crippen molar-refractivity contribution in [1.82, 2.24) is 20.4 Å². The molecule has 0 aliphatic heterocycles. The van der Waals surface area contributed by atoms with Crippen molar-refractivity contribution < 1.29 is 9.59 Å². The summed E-state index contributed by atoms with van der Waals surface area (Å²) in [6.45, 7) is 10.4. The number of anilines is 2. The van der Waals surface area contributed by atoms with Crippen molar-refractivity contribution in [3.05, 3.63) is 59.7 Å². The quantitative estimate of drug-likeness (QED) is 0.0609. The molecule has 0 atom stereocenters. The zero-order chi connectivity index (χ0) is 36.8. The zero-order valence-electron chi connectivity index (χ0n) is 33.0. The molecule has 2 aromatic rings. The molecule has 0 bridgehead atoms. The van der Waals surface area contributed by atoms with Crippen LogP contribution in [-0.2, 0) is 6.42 Å². The van der Waals surface area contributed by atoms with Gasteiger partial charge >= 0.3 is 12.1 Å². The lowest BCUT2D eigenvalue weighted by atomic mass is 10.0. The highest BCUT2D eigenvalue weighted by Gasteiger charge is 2.06. The van der Waals surface area contributed by atoms with Gasteiger partial charge in [-0.3, -0.25) is 0 Å². The fourth-order valence-corrected chi connectivity index (χ4v) is 6.32. The standard InChI is InChI=1S/C43H74N6O2/c1-5-7-9-11-13-15-19-33-48(3)35-21-17-31-44-42(50)46-40-27-23-38(24-28-40)37-39-25-29-41(30-26-39)47-43(51)45-32-18-22-36-49(4)34-20-16-14-12-10-8-6-2/h23-30H,5-22,31-37H2,1-4H3,(H2,44,46,50)(H2,45,47,51). The van der Waals surface area contributed by atoms with Gasteiger partial charge in [0.25, 0.3) is 0 Å². The first-order valence-corrected chi connectivity index (χ1v) is 20.5. The molecule has 51 heavy (non-hydrogen) atoms. The van der Waals surface area contributed by atoms with Gasteiger partial charge in [-0.05, 0) is 121 Å². The first-order valence-electron chi connectivity index (χ1n) is 20.5. The minimum absolute atomic E-state index is 0.159. The number of unbranched alkanes of at least 4 members (excludes halogenated alkanes) is 14. The van der Waals surface area contributed by atoms with E-state index in [2.05, 4.69) is 59.0 Å². The molecule has 4 amide bonds. The Bertz CT molecular complexity index is 1050. The lowest BCUT2D eigenvalue weighted by Crippen LogP contribution is -2.30. The minimum Gasteiger partial charge on any atom is -0.338 e. The molecule has 0 aromatic heterocycles. The summed E-state index contributed by atoms with van der Waals surface area (Å²) in [7, 11) is 4.41. The second-order valence-electron chi connectivity index (χ2n) is 14.6. The SMILES string of the molecule is CCCCCCCCCN(C)CCCCNC(=O)Nc1ccc(Cc2ccc(NC(=O)NCCCCN(C)CCCCCCCCC)cc2)cc1. The molecule has 0 saturated carbocycles. The predicted molar refractivity (Wildman–Crippen MR) is 219 cm³/mol. The van der Waals surface area contributed by atoms with E-state index in [0.717, 1.165) is 80.8 Å². The third kappa shape index (κ3) is 23.9. The van der Waals surface area contributed by atoms with Gasteiger partial charge in [-0.1, -0.05) is 115 Å². The van der Waals surface area contributed by atoms with E-state index in [1.54, 1.807) is 0 Å². The van der Waals surface area contributed by atoms with Crippen LogP contribution in [0.15, 0.2) is 48.5 Å². The van der Waals surface area contributed by atoms with Gasteiger partial charge in [-0.15, -0.1) is 0 Å². The van der Waals surface area contributed by atoms with Gasteiger partial charge in [0.15, 0.2) is 0 Å². The lowest BCUT2D eigenvalue weighted by molar-refractivity contribution is 0.250. The first-order chi connectivity index (χ1) is 24.9. The van der Waals surface area contributed by atoms with Crippen molar-refractivity contribution in [1.29, 1.82) is 0 Å². The number of hydrogen-bond donors (Lipinski definition) is 4. The number of rotatable bonds is 30. The number of nitrogens with one attached hydrogen (secondary N) is 4. The number of urea groups is 2. The number of benzene rings is 2. The maximum Gasteiger partial charge on any atom is 0.319 e. The Morgan fingerprint density at radius 3 is 1.12 bits per heavy atom. The molecule has 2 aromatic carbocycles. The second-order valence-corrected chi connectivity index (χ2v) is 14.6. The van der Waals surface area contributed by atoms with Crippen LogP contribution in [0.2, 0.25) is 0 Å². The van der Waals surface area contributed by atoms with Crippen LogP contribution >= 0.6 is 0 Å². The maximum absolute atomic E-state index is 12.4. The molecule has 0 saturated heterocycles. The summed E-state index contributed by atoms with van der Waals surface area (Å²) in [5.74, 6) is 0. The molecule has 0 radical (unpaired) electrons. The summed E-state index contributed by atoms with van der Waals surface area (Å²) in [4.78, 5) is 29.6. The highest BCUT2D eigenvalue weighted by molar-refractivity contribution is 5.89. The number of carbonyl (C=O) groups excluding carboxylic acids is 2. The molecule has 0 aliphatic carbocycles. The van der Waals surface area contributed by atoms with Gasteiger partial charge in [-0.2, -0.15) is 0 Å². The summed E-state index contributed by atoms with van der Waals surface area (Å²) in [6, 6.07) is 15.7. The Kier molecular flexibility index (Phi) is 25.5. The average molecular weight is 707 g/mol. The van der Waals surface area contributed by atoms with E-state index < -0.39 is 0 Å². The molecular weight excluding hydrogens is 633 g/mol. The van der Waals surface area contributed by atoms with Crippen LogP contribution in [0.25, 0.3) is 0 Å². The molecule has 0 heterocycles. The van der Waals surface area contributed by atoms with Gasteiger partial charge < -0.3 is 31.1 Å². The van der Waals surface area contributed by atoms with Crippen molar-refractivity contribution in [3.63, 3.8) is 0 Å². The molecule has 8 nitrogen and oxygen atoms in total. The van der Waals surface area contributed by atoms with Gasteiger partial charge in [0, 0.05) is 24.5 Å². The van der Waals surface area contributed by atoms with Crippen molar-refractivity contribution in [2.45, 2.75) is 136 Å². The predicted octanol–water partition coefficient (Wildman–Crippen LogP) is 10.4. The summed E-state index contributed by atoms with van der Waals surface area (Å²) in [6.07, 6.45) is 23.7. The molecule has 288 valence electrons. The minimum atomic E-state index is -0.159. The van der Waals surface area contributed by atoms with Gasteiger partial charge in [-0.25, -0.2) is 9.59 Å². The van der Waals surface area contributed by atoms with Crippen molar-refractivity contribution >= 4 is 23.4 Å². The van der Waals surface area contributed by atoms with Crippen molar-refractivity contribution in [2.75, 3.05) is 64.0 Å². The molecular formula is C43H74N6O2. The van der Waals surface area contributed by atoms with Crippen LogP contribution in [0.4, 0.5) is 21.0 Å². The number of nitrogens with zero attached hydrogens (tertiary/aromatic N) is 2. The average Bonchev–Trinajstić information content (AvgIpc) is 3.12. The first kappa shape index (κ1) is 44.1. The van der Waals surface area contributed by atoms with Gasteiger partial charge in [0.05, 0.1) is 0 Å². The third-order valence-electron chi connectivity index (χ3n) is 9.62. The van der Waals surface area contributed by atoms with Crippen LogP contribution in [0.1, 0.15) is 141 Å². The molecule has 4 N–H and O–H groups in total. The van der Waals surface area contributed by atoms with E-state index in [-0.39, 0.29) is 12.1 Å².